The molecule has 0 amide bonds. The summed E-state index contributed by atoms with van der Waals surface area (Å²) in [6.07, 6.45) is 8.87. The summed E-state index contributed by atoms with van der Waals surface area (Å²) < 4.78 is 0. The maximum atomic E-state index is 11.8. The molecule has 136 valence electrons. The molecule has 7 heteroatoms. The van der Waals surface area contributed by atoms with Gasteiger partial charge >= 0.3 is 5.69 Å². The normalized spacial score (nSPS) is 32.6. The Bertz CT molecular complexity index is 638. The van der Waals surface area contributed by atoms with E-state index >= 15 is 0 Å². The van der Waals surface area contributed by atoms with Crippen LogP contribution in [0.5, 0.6) is 0 Å². The zero-order valence-electron chi connectivity index (χ0n) is 15.1. The van der Waals surface area contributed by atoms with Crippen molar-refractivity contribution in [3.05, 3.63) is 16.4 Å². The topological polar surface area (TPSA) is 84.2 Å². The Labute approximate surface area is 148 Å². The van der Waals surface area contributed by atoms with Crippen molar-refractivity contribution >= 4 is 17.3 Å². The lowest BCUT2D eigenvalue weighted by molar-refractivity contribution is -0.383. The lowest BCUT2D eigenvalue weighted by Gasteiger charge is -2.57. The van der Waals surface area contributed by atoms with Crippen molar-refractivity contribution < 1.29 is 4.92 Å². The molecular formula is C18H27N5O2. The maximum absolute atomic E-state index is 11.8. The van der Waals surface area contributed by atoms with E-state index < -0.39 is 0 Å². The lowest BCUT2D eigenvalue weighted by atomic mass is 9.53. The standard InChI is InChI=1S/C18H27N5O2/c1-3-22(4-2)17-15(23(24)25)16(19-11-20-17)21-18-8-12-5-13(9-18)7-14(6-12)10-18/h11-14H,3-10H2,1-2H3,(H,19,20,21). The Hall–Kier alpha value is -1.92. The Kier molecular flexibility index (Phi) is 4.04. The van der Waals surface area contributed by atoms with Gasteiger partial charge in [-0.1, -0.05) is 0 Å². The summed E-state index contributed by atoms with van der Waals surface area (Å²) in [6, 6.07) is 0. The van der Waals surface area contributed by atoms with Crippen molar-refractivity contribution in [3.63, 3.8) is 0 Å². The fourth-order valence-electron chi connectivity index (χ4n) is 5.90. The molecule has 1 aromatic heterocycles. The van der Waals surface area contributed by atoms with Gasteiger partial charge in [-0.05, 0) is 70.1 Å². The van der Waals surface area contributed by atoms with E-state index in [0.717, 1.165) is 37.0 Å². The van der Waals surface area contributed by atoms with Gasteiger partial charge < -0.3 is 10.2 Å². The number of nitrogens with zero attached hydrogens (tertiary/aromatic N) is 4. The van der Waals surface area contributed by atoms with Crippen molar-refractivity contribution in [1.29, 1.82) is 0 Å². The van der Waals surface area contributed by atoms with Crippen LogP contribution >= 0.6 is 0 Å². The predicted octanol–water partition coefficient (Wildman–Crippen LogP) is 3.61. The summed E-state index contributed by atoms with van der Waals surface area (Å²) in [5.74, 6) is 3.17. The molecule has 5 rings (SSSR count). The average molecular weight is 345 g/mol. The molecule has 0 unspecified atom stereocenters. The van der Waals surface area contributed by atoms with E-state index in [1.807, 2.05) is 18.7 Å². The molecule has 0 spiro atoms. The van der Waals surface area contributed by atoms with E-state index in [1.165, 1.54) is 25.6 Å². The Morgan fingerprint density at radius 1 is 1.16 bits per heavy atom. The van der Waals surface area contributed by atoms with Gasteiger partial charge in [0.2, 0.25) is 11.6 Å². The molecule has 1 aromatic rings. The first-order valence-electron chi connectivity index (χ1n) is 9.56. The molecule has 25 heavy (non-hydrogen) atoms. The highest BCUT2D eigenvalue weighted by molar-refractivity contribution is 5.71. The Morgan fingerprint density at radius 3 is 2.20 bits per heavy atom. The van der Waals surface area contributed by atoms with Crippen LogP contribution < -0.4 is 10.2 Å². The number of hydrogen-bond acceptors (Lipinski definition) is 6. The third-order valence-electron chi connectivity index (χ3n) is 6.47. The van der Waals surface area contributed by atoms with E-state index in [9.17, 15) is 10.1 Å². The van der Waals surface area contributed by atoms with E-state index in [2.05, 4.69) is 15.3 Å². The second-order valence-electron chi connectivity index (χ2n) is 8.15. The number of anilines is 2. The summed E-state index contributed by atoms with van der Waals surface area (Å²) in [5, 5.41) is 15.4. The van der Waals surface area contributed by atoms with Crippen LogP contribution in [0.2, 0.25) is 0 Å². The van der Waals surface area contributed by atoms with Gasteiger partial charge in [0.25, 0.3) is 0 Å². The predicted molar refractivity (Wildman–Crippen MR) is 96.8 cm³/mol. The first kappa shape index (κ1) is 16.5. The molecular weight excluding hydrogens is 318 g/mol. The summed E-state index contributed by atoms with van der Waals surface area (Å²) in [4.78, 5) is 21.9. The van der Waals surface area contributed by atoms with Crippen LogP contribution in [-0.2, 0) is 0 Å². The van der Waals surface area contributed by atoms with Crippen LogP contribution in [0.1, 0.15) is 52.4 Å². The number of hydrogen-bond donors (Lipinski definition) is 1. The van der Waals surface area contributed by atoms with E-state index in [-0.39, 0.29) is 16.1 Å². The molecule has 0 aromatic carbocycles. The van der Waals surface area contributed by atoms with E-state index in [4.69, 9.17) is 0 Å². The minimum absolute atomic E-state index is 0.00556. The van der Waals surface area contributed by atoms with Crippen molar-refractivity contribution in [2.24, 2.45) is 17.8 Å². The number of aromatic nitrogens is 2. The second kappa shape index (κ2) is 6.11. The molecule has 4 bridgehead atoms. The molecule has 4 fully saturated rings. The van der Waals surface area contributed by atoms with Crippen LogP contribution in [0.25, 0.3) is 0 Å². The highest BCUT2D eigenvalue weighted by atomic mass is 16.6. The van der Waals surface area contributed by atoms with Gasteiger partial charge in [0.15, 0.2) is 0 Å². The Balaban J connectivity index is 1.69. The minimum atomic E-state index is -0.323. The molecule has 0 atom stereocenters. The first-order chi connectivity index (χ1) is 12.0. The molecule has 4 aliphatic carbocycles. The van der Waals surface area contributed by atoms with Crippen molar-refractivity contribution in [2.75, 3.05) is 23.3 Å². The minimum Gasteiger partial charge on any atom is -0.359 e. The van der Waals surface area contributed by atoms with Gasteiger partial charge in [-0.15, -0.1) is 0 Å². The molecule has 1 heterocycles. The number of rotatable bonds is 6. The van der Waals surface area contributed by atoms with Crippen molar-refractivity contribution in [2.45, 2.75) is 57.9 Å². The summed E-state index contributed by atoms with van der Waals surface area (Å²) in [6.45, 7) is 5.35. The fraction of sp³-hybridized carbons (Fsp3) is 0.778. The second-order valence-corrected chi connectivity index (χ2v) is 8.15. The van der Waals surface area contributed by atoms with E-state index in [1.54, 1.807) is 0 Å². The van der Waals surface area contributed by atoms with Gasteiger partial charge in [0.05, 0.1) is 4.92 Å². The van der Waals surface area contributed by atoms with Crippen molar-refractivity contribution in [1.82, 2.24) is 9.97 Å². The molecule has 0 saturated heterocycles. The summed E-state index contributed by atoms with van der Waals surface area (Å²) in [7, 11) is 0. The molecule has 0 radical (unpaired) electrons. The monoisotopic (exact) mass is 345 g/mol. The molecule has 4 aliphatic rings. The van der Waals surface area contributed by atoms with E-state index in [0.29, 0.717) is 24.7 Å². The SMILES string of the molecule is CCN(CC)c1ncnc(NC23CC4CC(CC(C4)C2)C3)c1[N+](=O)[O-]. The summed E-state index contributed by atoms with van der Waals surface area (Å²) in [5.41, 5.74) is 0.0240. The third kappa shape index (κ3) is 2.83. The average Bonchev–Trinajstić information content (AvgIpc) is 2.54. The molecule has 1 N–H and O–H groups in total. The maximum Gasteiger partial charge on any atom is 0.353 e. The van der Waals surface area contributed by atoms with Crippen molar-refractivity contribution in [3.8, 4) is 0 Å². The lowest BCUT2D eigenvalue weighted by Crippen LogP contribution is -2.55. The number of nitrogens with one attached hydrogen (secondary N) is 1. The van der Waals surface area contributed by atoms with Crippen LogP contribution in [0.3, 0.4) is 0 Å². The van der Waals surface area contributed by atoms with Crippen LogP contribution in [0.15, 0.2) is 6.33 Å². The van der Waals surface area contributed by atoms with Gasteiger partial charge in [-0.25, -0.2) is 9.97 Å². The Morgan fingerprint density at radius 2 is 1.72 bits per heavy atom. The summed E-state index contributed by atoms with van der Waals surface area (Å²) >= 11 is 0. The fourth-order valence-corrected chi connectivity index (χ4v) is 5.90. The van der Waals surface area contributed by atoms with Gasteiger partial charge in [0.1, 0.15) is 6.33 Å². The van der Waals surface area contributed by atoms with Crippen LogP contribution in [0, 0.1) is 27.9 Å². The molecule has 0 aliphatic heterocycles. The molecule has 7 nitrogen and oxygen atoms in total. The first-order valence-corrected chi connectivity index (χ1v) is 9.56. The zero-order chi connectivity index (χ0) is 17.6. The smallest absolute Gasteiger partial charge is 0.353 e. The van der Waals surface area contributed by atoms with Gasteiger partial charge in [-0.3, -0.25) is 10.1 Å². The number of nitro groups is 1. The largest absolute Gasteiger partial charge is 0.359 e. The molecule has 4 saturated carbocycles. The van der Waals surface area contributed by atoms with Gasteiger partial charge in [-0.2, -0.15) is 0 Å². The highest BCUT2D eigenvalue weighted by Crippen LogP contribution is 2.57. The van der Waals surface area contributed by atoms with Crippen LogP contribution in [0.4, 0.5) is 17.3 Å². The van der Waals surface area contributed by atoms with Gasteiger partial charge in [0, 0.05) is 18.6 Å². The van der Waals surface area contributed by atoms with Crippen LogP contribution in [-0.4, -0.2) is 33.5 Å². The highest BCUT2D eigenvalue weighted by Gasteiger charge is 2.51. The zero-order valence-corrected chi connectivity index (χ0v) is 15.1. The third-order valence-corrected chi connectivity index (χ3v) is 6.47. The quantitative estimate of drug-likeness (QED) is 0.626.